The van der Waals surface area contributed by atoms with E-state index in [1.807, 2.05) is 6.20 Å². The Labute approximate surface area is 119 Å². The Morgan fingerprint density at radius 3 is 2.90 bits per heavy atom. The fraction of sp³-hybridized carbons (Fsp3) is 0.846. The maximum atomic E-state index is 8.76. The van der Waals surface area contributed by atoms with Crippen LogP contribution in [0.1, 0.15) is 18.5 Å². The van der Waals surface area contributed by atoms with Gasteiger partial charge < -0.3 is 15.2 Å². The highest BCUT2D eigenvalue weighted by molar-refractivity contribution is 4.91. The van der Waals surface area contributed by atoms with Crippen molar-refractivity contribution in [2.75, 3.05) is 46.0 Å². The zero-order valence-corrected chi connectivity index (χ0v) is 12.0. The van der Waals surface area contributed by atoms with Gasteiger partial charge in [0.25, 0.3) is 0 Å². The molecule has 1 fully saturated rings. The summed E-state index contributed by atoms with van der Waals surface area (Å²) >= 11 is 0. The highest BCUT2D eigenvalue weighted by Crippen LogP contribution is 1.98. The van der Waals surface area contributed by atoms with Gasteiger partial charge in [0.15, 0.2) is 0 Å². The molecule has 1 saturated heterocycles. The standard InChI is InChI=1S/C13H25N5O2/c19-8-2-5-18-12-13(15-16-18)11-14-3-1-4-17-6-9-20-10-7-17/h12,14,19H,1-11H2. The van der Waals surface area contributed by atoms with Gasteiger partial charge in [-0.2, -0.15) is 0 Å². The zero-order valence-electron chi connectivity index (χ0n) is 12.0. The first-order valence-electron chi connectivity index (χ1n) is 7.39. The van der Waals surface area contributed by atoms with Crippen molar-refractivity contribution < 1.29 is 9.84 Å². The number of hydrogen-bond acceptors (Lipinski definition) is 6. The second-order valence-electron chi connectivity index (χ2n) is 5.03. The lowest BCUT2D eigenvalue weighted by Crippen LogP contribution is -2.37. The van der Waals surface area contributed by atoms with Crippen molar-refractivity contribution in [2.24, 2.45) is 0 Å². The molecule has 1 aromatic heterocycles. The first kappa shape index (κ1) is 15.4. The molecule has 2 N–H and O–H groups in total. The van der Waals surface area contributed by atoms with E-state index in [0.29, 0.717) is 0 Å². The van der Waals surface area contributed by atoms with E-state index in [-0.39, 0.29) is 6.61 Å². The number of aliphatic hydroxyl groups excluding tert-OH is 1. The fourth-order valence-electron chi connectivity index (χ4n) is 2.23. The normalized spacial score (nSPS) is 16.6. The van der Waals surface area contributed by atoms with E-state index in [2.05, 4.69) is 20.5 Å². The Morgan fingerprint density at radius 2 is 2.10 bits per heavy atom. The van der Waals surface area contributed by atoms with Crippen LogP contribution in [0.3, 0.4) is 0 Å². The summed E-state index contributed by atoms with van der Waals surface area (Å²) in [6, 6.07) is 0. The maximum absolute atomic E-state index is 8.76. The summed E-state index contributed by atoms with van der Waals surface area (Å²) in [6.07, 6.45) is 3.79. The quantitative estimate of drug-likeness (QED) is 0.594. The fourth-order valence-corrected chi connectivity index (χ4v) is 2.23. The number of aryl methyl sites for hydroxylation is 1. The molecule has 1 aromatic rings. The molecular weight excluding hydrogens is 258 g/mol. The average Bonchev–Trinajstić information content (AvgIpc) is 2.94. The van der Waals surface area contributed by atoms with Crippen LogP contribution in [0.5, 0.6) is 0 Å². The molecule has 2 rings (SSSR count). The van der Waals surface area contributed by atoms with Crippen molar-refractivity contribution >= 4 is 0 Å². The molecule has 1 aliphatic heterocycles. The van der Waals surface area contributed by atoms with E-state index in [9.17, 15) is 0 Å². The van der Waals surface area contributed by atoms with E-state index in [1.165, 1.54) is 0 Å². The Bertz CT molecular complexity index is 365. The Kier molecular flexibility index (Phi) is 6.93. The van der Waals surface area contributed by atoms with E-state index in [4.69, 9.17) is 9.84 Å². The zero-order chi connectivity index (χ0) is 14.0. The SMILES string of the molecule is OCCCn1cc(CNCCCN2CCOCC2)nn1. The molecule has 0 spiro atoms. The topological polar surface area (TPSA) is 75.4 Å². The lowest BCUT2D eigenvalue weighted by molar-refractivity contribution is 0.0374. The molecule has 0 saturated carbocycles. The van der Waals surface area contributed by atoms with Gasteiger partial charge in [0.05, 0.1) is 18.9 Å². The number of morpholine rings is 1. The van der Waals surface area contributed by atoms with E-state index >= 15 is 0 Å². The lowest BCUT2D eigenvalue weighted by Gasteiger charge is -2.26. The van der Waals surface area contributed by atoms with Crippen LogP contribution in [0, 0.1) is 0 Å². The van der Waals surface area contributed by atoms with Crippen molar-refractivity contribution in [1.29, 1.82) is 0 Å². The third kappa shape index (κ3) is 5.54. The predicted octanol–water partition coefficient (Wildman–Crippen LogP) is -0.528. The summed E-state index contributed by atoms with van der Waals surface area (Å²) in [6.45, 7) is 7.62. The number of aliphatic hydroxyl groups is 1. The first-order valence-corrected chi connectivity index (χ1v) is 7.39. The first-order chi connectivity index (χ1) is 9.88. The van der Waals surface area contributed by atoms with Crippen LogP contribution in [0.2, 0.25) is 0 Å². The molecule has 0 bridgehead atoms. The molecule has 0 atom stereocenters. The summed E-state index contributed by atoms with van der Waals surface area (Å²) < 4.78 is 7.10. The molecule has 7 heteroatoms. The van der Waals surface area contributed by atoms with Crippen LogP contribution in [0.25, 0.3) is 0 Å². The summed E-state index contributed by atoms with van der Waals surface area (Å²) in [5.41, 5.74) is 0.953. The number of nitrogens with zero attached hydrogens (tertiary/aromatic N) is 4. The van der Waals surface area contributed by atoms with Crippen LogP contribution < -0.4 is 5.32 Å². The molecule has 0 aliphatic carbocycles. The predicted molar refractivity (Wildman–Crippen MR) is 75.3 cm³/mol. The van der Waals surface area contributed by atoms with Gasteiger partial charge in [-0.15, -0.1) is 5.10 Å². The van der Waals surface area contributed by atoms with Gasteiger partial charge in [0, 0.05) is 39.0 Å². The summed E-state index contributed by atoms with van der Waals surface area (Å²) in [4.78, 5) is 2.44. The maximum Gasteiger partial charge on any atom is 0.0964 e. The van der Waals surface area contributed by atoms with Crippen molar-refractivity contribution in [3.63, 3.8) is 0 Å². The second-order valence-corrected chi connectivity index (χ2v) is 5.03. The molecule has 7 nitrogen and oxygen atoms in total. The molecule has 2 heterocycles. The van der Waals surface area contributed by atoms with Crippen molar-refractivity contribution in [3.8, 4) is 0 Å². The van der Waals surface area contributed by atoms with Crippen LogP contribution >= 0.6 is 0 Å². The second kappa shape index (κ2) is 9.02. The Hall–Kier alpha value is -1.02. The largest absolute Gasteiger partial charge is 0.396 e. The third-order valence-electron chi connectivity index (χ3n) is 3.37. The molecule has 0 amide bonds. The van der Waals surface area contributed by atoms with Gasteiger partial charge >= 0.3 is 0 Å². The van der Waals surface area contributed by atoms with Crippen molar-refractivity contribution in [2.45, 2.75) is 25.9 Å². The minimum atomic E-state index is 0.189. The van der Waals surface area contributed by atoms with Crippen molar-refractivity contribution in [3.05, 3.63) is 11.9 Å². The van der Waals surface area contributed by atoms with E-state index in [1.54, 1.807) is 4.68 Å². The van der Waals surface area contributed by atoms with Gasteiger partial charge in [-0.05, 0) is 25.9 Å². The molecule has 1 aliphatic rings. The van der Waals surface area contributed by atoms with Crippen LogP contribution in [-0.2, 0) is 17.8 Å². The number of aromatic nitrogens is 3. The van der Waals surface area contributed by atoms with Crippen LogP contribution in [-0.4, -0.2) is 71.0 Å². The van der Waals surface area contributed by atoms with Crippen LogP contribution in [0.15, 0.2) is 6.20 Å². The molecular formula is C13H25N5O2. The molecule has 0 aromatic carbocycles. The molecule has 0 radical (unpaired) electrons. The molecule has 114 valence electrons. The van der Waals surface area contributed by atoms with Crippen LogP contribution in [0.4, 0.5) is 0 Å². The highest BCUT2D eigenvalue weighted by atomic mass is 16.5. The minimum Gasteiger partial charge on any atom is -0.396 e. The lowest BCUT2D eigenvalue weighted by atomic mass is 10.3. The van der Waals surface area contributed by atoms with Gasteiger partial charge in [-0.3, -0.25) is 9.58 Å². The summed E-state index contributed by atoms with van der Waals surface area (Å²) in [7, 11) is 0. The number of nitrogens with one attached hydrogen (secondary N) is 1. The average molecular weight is 283 g/mol. The third-order valence-corrected chi connectivity index (χ3v) is 3.37. The van der Waals surface area contributed by atoms with Gasteiger partial charge in [0.1, 0.15) is 0 Å². The monoisotopic (exact) mass is 283 g/mol. The summed E-state index contributed by atoms with van der Waals surface area (Å²) in [5, 5.41) is 20.3. The number of hydrogen-bond donors (Lipinski definition) is 2. The Balaban J connectivity index is 1.52. The van der Waals surface area contributed by atoms with Gasteiger partial charge in [-0.1, -0.05) is 5.21 Å². The minimum absolute atomic E-state index is 0.189. The highest BCUT2D eigenvalue weighted by Gasteiger charge is 2.09. The number of rotatable bonds is 9. The molecule has 20 heavy (non-hydrogen) atoms. The van der Waals surface area contributed by atoms with Crippen molar-refractivity contribution in [1.82, 2.24) is 25.2 Å². The number of ether oxygens (including phenoxy) is 1. The smallest absolute Gasteiger partial charge is 0.0964 e. The molecule has 0 unspecified atom stereocenters. The van der Waals surface area contributed by atoms with E-state index < -0.39 is 0 Å². The van der Waals surface area contributed by atoms with E-state index in [0.717, 1.165) is 71.0 Å². The Morgan fingerprint density at radius 1 is 1.25 bits per heavy atom. The summed E-state index contributed by atoms with van der Waals surface area (Å²) in [5.74, 6) is 0. The van der Waals surface area contributed by atoms with Gasteiger partial charge in [-0.25, -0.2) is 0 Å². The van der Waals surface area contributed by atoms with Gasteiger partial charge in [0.2, 0.25) is 0 Å².